The number of nitrogens with zero attached hydrogens (tertiary/aromatic N) is 2. The predicted molar refractivity (Wildman–Crippen MR) is 74.1 cm³/mol. The SMILES string of the molecule is c1ccc2c(c1)C[n+]1c-2sc2oc3ncccc3c21. The lowest BCUT2D eigenvalue weighted by Gasteiger charge is -1.89. The third-order valence-corrected chi connectivity index (χ3v) is 4.79. The van der Waals surface area contributed by atoms with E-state index in [0.717, 1.165) is 22.5 Å². The summed E-state index contributed by atoms with van der Waals surface area (Å²) in [5, 5.41) is 2.39. The zero-order chi connectivity index (χ0) is 12.4. The summed E-state index contributed by atoms with van der Waals surface area (Å²) in [5.74, 6) is 0. The van der Waals surface area contributed by atoms with Crippen LogP contribution in [0.4, 0.5) is 0 Å². The van der Waals surface area contributed by atoms with Crippen LogP contribution in [-0.4, -0.2) is 4.98 Å². The highest BCUT2D eigenvalue weighted by molar-refractivity contribution is 7.20. The van der Waals surface area contributed by atoms with Crippen LogP contribution < -0.4 is 4.57 Å². The van der Waals surface area contributed by atoms with Gasteiger partial charge in [0, 0.05) is 11.8 Å². The number of aromatic nitrogens is 2. The Bertz CT molecular complexity index is 951. The molecule has 0 aliphatic carbocycles. The van der Waals surface area contributed by atoms with Crippen molar-refractivity contribution in [1.29, 1.82) is 0 Å². The average Bonchev–Trinajstić information content (AvgIpc) is 3.05. The number of hydrogen-bond acceptors (Lipinski definition) is 3. The van der Waals surface area contributed by atoms with Crippen molar-refractivity contribution in [3.8, 4) is 10.6 Å². The van der Waals surface area contributed by atoms with Crippen molar-refractivity contribution in [2.45, 2.75) is 6.54 Å². The van der Waals surface area contributed by atoms with Crippen LogP contribution in [0.5, 0.6) is 0 Å². The summed E-state index contributed by atoms with van der Waals surface area (Å²) in [6, 6.07) is 12.6. The topological polar surface area (TPSA) is 29.9 Å². The summed E-state index contributed by atoms with van der Waals surface area (Å²) >= 11 is 1.71. The molecule has 0 amide bonds. The molecule has 5 rings (SSSR count). The first-order chi connectivity index (χ1) is 9.42. The van der Waals surface area contributed by atoms with Gasteiger partial charge in [-0.25, -0.2) is 4.98 Å². The molecular weight excluding hydrogens is 256 g/mol. The summed E-state index contributed by atoms with van der Waals surface area (Å²) in [4.78, 5) is 5.26. The molecule has 90 valence electrons. The largest absolute Gasteiger partial charge is 0.420 e. The molecule has 0 saturated heterocycles. The molecular formula is C15H9N2OS+. The van der Waals surface area contributed by atoms with Crippen LogP contribution in [0.1, 0.15) is 5.56 Å². The Kier molecular flexibility index (Phi) is 1.64. The lowest BCUT2D eigenvalue weighted by atomic mass is 10.1. The van der Waals surface area contributed by atoms with Crippen LogP contribution in [0, 0.1) is 0 Å². The summed E-state index contributed by atoms with van der Waals surface area (Å²) in [5.41, 5.74) is 4.62. The van der Waals surface area contributed by atoms with E-state index in [4.69, 9.17) is 4.42 Å². The van der Waals surface area contributed by atoms with Gasteiger partial charge >= 0.3 is 0 Å². The Morgan fingerprint density at radius 1 is 1.16 bits per heavy atom. The van der Waals surface area contributed by atoms with Crippen molar-refractivity contribution in [1.82, 2.24) is 4.98 Å². The van der Waals surface area contributed by atoms with E-state index in [1.165, 1.54) is 21.7 Å². The van der Waals surface area contributed by atoms with E-state index in [9.17, 15) is 0 Å². The number of hydrogen-bond donors (Lipinski definition) is 0. The van der Waals surface area contributed by atoms with Crippen molar-refractivity contribution in [2.24, 2.45) is 0 Å². The number of pyridine rings is 1. The Balaban J connectivity index is 1.94. The Morgan fingerprint density at radius 3 is 3.11 bits per heavy atom. The number of benzene rings is 1. The van der Waals surface area contributed by atoms with Crippen molar-refractivity contribution in [2.75, 3.05) is 0 Å². The highest BCUT2D eigenvalue weighted by Crippen LogP contribution is 2.38. The van der Waals surface area contributed by atoms with Crippen molar-refractivity contribution in [3.63, 3.8) is 0 Å². The van der Waals surface area contributed by atoms with Gasteiger partial charge in [0.1, 0.15) is 5.39 Å². The molecule has 1 aliphatic rings. The molecule has 0 saturated carbocycles. The first-order valence-electron chi connectivity index (χ1n) is 6.20. The standard InChI is InChI=1S/C15H9N2OS/c1-2-5-10-9(4-1)8-17-12-11-6-3-7-16-13(11)18-15(12)19-14(10)17/h1-7H,8H2/q+1. The van der Waals surface area contributed by atoms with Gasteiger partial charge in [-0.3, -0.25) is 0 Å². The second kappa shape index (κ2) is 3.22. The first-order valence-corrected chi connectivity index (χ1v) is 7.01. The number of rotatable bonds is 0. The molecule has 4 heteroatoms. The smallest absolute Gasteiger partial charge is 0.273 e. The van der Waals surface area contributed by atoms with Gasteiger partial charge in [-0.1, -0.05) is 18.2 Å². The van der Waals surface area contributed by atoms with E-state index in [1.807, 2.05) is 6.07 Å². The van der Waals surface area contributed by atoms with Gasteiger partial charge in [0.2, 0.25) is 5.71 Å². The van der Waals surface area contributed by atoms with Crippen molar-refractivity contribution >= 4 is 32.8 Å². The summed E-state index contributed by atoms with van der Waals surface area (Å²) in [7, 11) is 0. The first kappa shape index (κ1) is 9.69. The molecule has 4 heterocycles. The molecule has 1 aliphatic heterocycles. The number of fused-ring (bicyclic) bond motifs is 7. The fourth-order valence-electron chi connectivity index (χ4n) is 2.86. The molecule has 0 N–H and O–H groups in total. The fraction of sp³-hybridized carbons (Fsp3) is 0.0667. The van der Waals surface area contributed by atoms with Crippen LogP contribution in [0.15, 0.2) is 47.0 Å². The number of furan rings is 1. The predicted octanol–water partition coefficient (Wildman–Crippen LogP) is 3.36. The fourth-order valence-corrected chi connectivity index (χ4v) is 4.04. The van der Waals surface area contributed by atoms with E-state index in [-0.39, 0.29) is 0 Å². The van der Waals surface area contributed by atoms with Gasteiger partial charge in [-0.05, 0) is 29.5 Å². The van der Waals surface area contributed by atoms with Gasteiger partial charge in [0.15, 0.2) is 6.54 Å². The maximum atomic E-state index is 5.85. The highest BCUT2D eigenvalue weighted by Gasteiger charge is 2.34. The van der Waals surface area contributed by atoms with Crippen LogP contribution in [-0.2, 0) is 6.54 Å². The number of thiazole rings is 1. The molecule has 19 heavy (non-hydrogen) atoms. The highest BCUT2D eigenvalue weighted by atomic mass is 32.1. The summed E-state index contributed by atoms with van der Waals surface area (Å²) < 4.78 is 8.20. The molecule has 0 bridgehead atoms. The molecule has 0 spiro atoms. The van der Waals surface area contributed by atoms with Gasteiger partial charge in [0.05, 0.1) is 5.56 Å². The molecule has 1 aromatic carbocycles. The van der Waals surface area contributed by atoms with Gasteiger partial charge < -0.3 is 4.42 Å². The van der Waals surface area contributed by atoms with Crippen LogP contribution in [0.3, 0.4) is 0 Å². The minimum absolute atomic E-state index is 0.731. The van der Waals surface area contributed by atoms with Gasteiger partial charge in [-0.15, -0.1) is 0 Å². The summed E-state index contributed by atoms with van der Waals surface area (Å²) in [6.45, 7) is 0.926. The minimum Gasteiger partial charge on any atom is -0.420 e. The van der Waals surface area contributed by atoms with Crippen molar-refractivity contribution < 1.29 is 8.98 Å². The van der Waals surface area contributed by atoms with Crippen LogP contribution >= 0.6 is 11.3 Å². The molecule has 3 aromatic heterocycles. The molecule has 0 atom stereocenters. The third-order valence-electron chi connectivity index (χ3n) is 3.69. The summed E-state index contributed by atoms with van der Waals surface area (Å²) in [6.07, 6.45) is 1.77. The van der Waals surface area contributed by atoms with E-state index in [2.05, 4.69) is 39.9 Å². The Hall–Kier alpha value is -2.20. The van der Waals surface area contributed by atoms with E-state index < -0.39 is 0 Å². The maximum Gasteiger partial charge on any atom is 0.273 e. The molecule has 0 radical (unpaired) electrons. The zero-order valence-corrected chi connectivity index (χ0v) is 10.8. The second-order valence-electron chi connectivity index (χ2n) is 4.74. The Labute approximate surface area is 112 Å². The molecule has 0 fully saturated rings. The van der Waals surface area contributed by atoms with Crippen LogP contribution in [0.2, 0.25) is 0 Å². The molecule has 4 aromatic rings. The van der Waals surface area contributed by atoms with Gasteiger partial charge in [-0.2, -0.15) is 4.57 Å². The lowest BCUT2D eigenvalue weighted by molar-refractivity contribution is -0.641. The normalized spacial score (nSPS) is 13.1. The zero-order valence-electron chi connectivity index (χ0n) is 9.96. The van der Waals surface area contributed by atoms with Crippen molar-refractivity contribution in [3.05, 3.63) is 48.2 Å². The maximum absolute atomic E-state index is 5.85. The van der Waals surface area contributed by atoms with E-state index in [0.29, 0.717) is 0 Å². The van der Waals surface area contributed by atoms with E-state index in [1.54, 1.807) is 17.5 Å². The second-order valence-corrected chi connectivity index (χ2v) is 5.71. The average molecular weight is 265 g/mol. The quantitative estimate of drug-likeness (QED) is 0.402. The monoisotopic (exact) mass is 265 g/mol. The third kappa shape index (κ3) is 1.12. The lowest BCUT2D eigenvalue weighted by Crippen LogP contribution is -2.30. The van der Waals surface area contributed by atoms with Crippen LogP contribution in [0.25, 0.3) is 32.1 Å². The minimum atomic E-state index is 0.731. The molecule has 3 nitrogen and oxygen atoms in total. The Morgan fingerprint density at radius 2 is 2.11 bits per heavy atom. The van der Waals surface area contributed by atoms with E-state index >= 15 is 0 Å². The van der Waals surface area contributed by atoms with Gasteiger partial charge in [0.25, 0.3) is 15.4 Å². The molecule has 0 unspecified atom stereocenters.